The van der Waals surface area contributed by atoms with Crippen LogP contribution >= 0.6 is 28.3 Å². The van der Waals surface area contributed by atoms with Crippen molar-refractivity contribution < 1.29 is 19.0 Å². The van der Waals surface area contributed by atoms with Gasteiger partial charge in [0.25, 0.3) is 0 Å². The van der Waals surface area contributed by atoms with Gasteiger partial charge in [-0.05, 0) is 24.6 Å². The molecule has 1 heterocycles. The molecular formula is C15H22BrClN2O4. The molecule has 1 aliphatic rings. The average molecular weight is 410 g/mol. The third-order valence-electron chi connectivity index (χ3n) is 3.27. The summed E-state index contributed by atoms with van der Waals surface area (Å²) in [5, 5.41) is 5.97. The molecule has 8 heteroatoms. The SMILES string of the molecule is COCCNCC(=O)NC(C)c1cc2c(cc1Br)OCCO2.Cl. The van der Waals surface area contributed by atoms with Crippen LogP contribution in [0.4, 0.5) is 0 Å². The number of hydrogen-bond donors (Lipinski definition) is 2. The Kier molecular flexibility index (Phi) is 8.68. The normalized spacial score (nSPS) is 13.9. The van der Waals surface area contributed by atoms with Crippen LogP contribution in [0.1, 0.15) is 18.5 Å². The van der Waals surface area contributed by atoms with Crippen molar-refractivity contribution >= 4 is 34.2 Å². The zero-order valence-corrected chi connectivity index (χ0v) is 15.6. The largest absolute Gasteiger partial charge is 0.486 e. The van der Waals surface area contributed by atoms with E-state index in [1.54, 1.807) is 7.11 Å². The molecule has 23 heavy (non-hydrogen) atoms. The number of amides is 1. The number of rotatable bonds is 7. The molecule has 0 aliphatic carbocycles. The lowest BCUT2D eigenvalue weighted by Gasteiger charge is -2.22. The molecular weight excluding hydrogens is 388 g/mol. The first-order chi connectivity index (χ1) is 10.6. The summed E-state index contributed by atoms with van der Waals surface area (Å²) in [4.78, 5) is 11.9. The molecule has 1 aromatic carbocycles. The van der Waals surface area contributed by atoms with Crippen LogP contribution in [0.5, 0.6) is 11.5 Å². The molecule has 0 radical (unpaired) electrons. The van der Waals surface area contributed by atoms with Gasteiger partial charge in [-0.15, -0.1) is 12.4 Å². The molecule has 0 spiro atoms. The number of hydrogen-bond acceptors (Lipinski definition) is 5. The maximum absolute atomic E-state index is 11.9. The van der Waals surface area contributed by atoms with Crippen LogP contribution in [0.15, 0.2) is 16.6 Å². The van der Waals surface area contributed by atoms with Crippen LogP contribution in [-0.2, 0) is 9.53 Å². The Labute approximate surface area is 150 Å². The zero-order valence-electron chi connectivity index (χ0n) is 13.2. The standard InChI is InChI=1S/C15H21BrN2O4.ClH/c1-10(18-15(19)9-17-3-4-20-2)11-7-13-14(8-12(11)16)22-6-5-21-13;/h7-8,10,17H,3-6,9H2,1-2H3,(H,18,19);1H. The fourth-order valence-corrected chi connectivity index (χ4v) is 2.82. The van der Waals surface area contributed by atoms with Crippen molar-refractivity contribution in [1.82, 2.24) is 10.6 Å². The Bertz CT molecular complexity index is 530. The number of carbonyl (C=O) groups is 1. The fraction of sp³-hybridized carbons (Fsp3) is 0.533. The maximum atomic E-state index is 11.9. The number of nitrogens with one attached hydrogen (secondary N) is 2. The van der Waals surface area contributed by atoms with E-state index in [0.717, 1.165) is 15.8 Å². The van der Waals surface area contributed by atoms with Crippen molar-refractivity contribution in [2.24, 2.45) is 0 Å². The molecule has 0 saturated carbocycles. The van der Waals surface area contributed by atoms with Gasteiger partial charge in [0.15, 0.2) is 11.5 Å². The van der Waals surface area contributed by atoms with Gasteiger partial charge in [-0.3, -0.25) is 4.79 Å². The number of benzene rings is 1. The summed E-state index contributed by atoms with van der Waals surface area (Å²) in [5.74, 6) is 1.37. The molecule has 1 atom stereocenters. The molecule has 0 saturated heterocycles. The molecule has 0 aromatic heterocycles. The van der Waals surface area contributed by atoms with Crippen molar-refractivity contribution in [3.8, 4) is 11.5 Å². The van der Waals surface area contributed by atoms with Crippen molar-refractivity contribution in [1.29, 1.82) is 0 Å². The van der Waals surface area contributed by atoms with Gasteiger partial charge < -0.3 is 24.8 Å². The number of ether oxygens (including phenoxy) is 3. The zero-order chi connectivity index (χ0) is 15.9. The number of halogens is 2. The molecule has 130 valence electrons. The highest BCUT2D eigenvalue weighted by atomic mass is 79.9. The van der Waals surface area contributed by atoms with Gasteiger partial charge in [0.1, 0.15) is 13.2 Å². The van der Waals surface area contributed by atoms with Gasteiger partial charge in [-0.25, -0.2) is 0 Å². The monoisotopic (exact) mass is 408 g/mol. The number of carbonyl (C=O) groups excluding carboxylic acids is 1. The van der Waals surface area contributed by atoms with E-state index in [4.69, 9.17) is 14.2 Å². The Hall–Kier alpha value is -1.02. The average Bonchev–Trinajstić information content (AvgIpc) is 2.50. The van der Waals surface area contributed by atoms with E-state index in [-0.39, 0.29) is 30.9 Å². The number of fused-ring (bicyclic) bond motifs is 1. The highest BCUT2D eigenvalue weighted by Gasteiger charge is 2.19. The minimum Gasteiger partial charge on any atom is -0.486 e. The first kappa shape index (κ1) is 20.0. The fourth-order valence-electron chi connectivity index (χ4n) is 2.16. The van der Waals surface area contributed by atoms with Crippen molar-refractivity contribution in [2.45, 2.75) is 13.0 Å². The minimum atomic E-state index is -0.137. The molecule has 1 amide bonds. The van der Waals surface area contributed by atoms with Gasteiger partial charge in [0.2, 0.25) is 5.91 Å². The summed E-state index contributed by atoms with van der Waals surface area (Å²) in [6.07, 6.45) is 0. The summed E-state index contributed by atoms with van der Waals surface area (Å²) >= 11 is 3.52. The molecule has 1 unspecified atom stereocenters. The second-order valence-electron chi connectivity index (χ2n) is 4.98. The summed E-state index contributed by atoms with van der Waals surface area (Å²) in [6.45, 7) is 4.51. The highest BCUT2D eigenvalue weighted by Crippen LogP contribution is 2.37. The quantitative estimate of drug-likeness (QED) is 0.675. The third-order valence-corrected chi connectivity index (χ3v) is 3.96. The van der Waals surface area contributed by atoms with E-state index in [9.17, 15) is 4.79 Å². The van der Waals surface area contributed by atoms with Crippen molar-refractivity contribution in [3.63, 3.8) is 0 Å². The molecule has 2 rings (SSSR count). The van der Waals surface area contributed by atoms with E-state index in [1.807, 2.05) is 19.1 Å². The van der Waals surface area contributed by atoms with Crippen LogP contribution in [0, 0.1) is 0 Å². The predicted octanol–water partition coefficient (Wildman–Crippen LogP) is 2.06. The van der Waals surface area contributed by atoms with Crippen LogP contribution in [0.3, 0.4) is 0 Å². The van der Waals surface area contributed by atoms with E-state index < -0.39 is 0 Å². The molecule has 6 nitrogen and oxygen atoms in total. The van der Waals surface area contributed by atoms with E-state index in [1.165, 1.54) is 0 Å². The van der Waals surface area contributed by atoms with Crippen LogP contribution in [-0.4, -0.2) is 45.9 Å². The lowest BCUT2D eigenvalue weighted by atomic mass is 10.1. The molecule has 1 aromatic rings. The Morgan fingerprint density at radius 2 is 2.00 bits per heavy atom. The Morgan fingerprint density at radius 3 is 2.65 bits per heavy atom. The molecule has 2 N–H and O–H groups in total. The summed E-state index contributed by atoms with van der Waals surface area (Å²) < 4.78 is 16.9. The predicted molar refractivity (Wildman–Crippen MR) is 93.7 cm³/mol. The molecule has 0 fully saturated rings. The van der Waals surface area contributed by atoms with Gasteiger partial charge >= 0.3 is 0 Å². The highest BCUT2D eigenvalue weighted by molar-refractivity contribution is 9.10. The summed E-state index contributed by atoms with van der Waals surface area (Å²) in [5.41, 5.74) is 0.953. The smallest absolute Gasteiger partial charge is 0.234 e. The van der Waals surface area contributed by atoms with E-state index in [0.29, 0.717) is 32.1 Å². The number of methoxy groups -OCH3 is 1. The van der Waals surface area contributed by atoms with Crippen molar-refractivity contribution in [3.05, 3.63) is 22.2 Å². The molecule has 0 bridgehead atoms. The van der Waals surface area contributed by atoms with Gasteiger partial charge in [-0.1, -0.05) is 15.9 Å². The van der Waals surface area contributed by atoms with Gasteiger partial charge in [-0.2, -0.15) is 0 Å². The first-order valence-electron chi connectivity index (χ1n) is 7.20. The molecule has 1 aliphatic heterocycles. The lowest BCUT2D eigenvalue weighted by molar-refractivity contribution is -0.120. The van der Waals surface area contributed by atoms with E-state index in [2.05, 4.69) is 26.6 Å². The summed E-state index contributed by atoms with van der Waals surface area (Å²) in [7, 11) is 1.63. The van der Waals surface area contributed by atoms with Crippen LogP contribution in [0.25, 0.3) is 0 Å². The summed E-state index contributed by atoms with van der Waals surface area (Å²) in [6, 6.07) is 3.65. The van der Waals surface area contributed by atoms with Crippen LogP contribution in [0.2, 0.25) is 0 Å². The van der Waals surface area contributed by atoms with Gasteiger partial charge in [0, 0.05) is 18.1 Å². The first-order valence-corrected chi connectivity index (χ1v) is 7.99. The van der Waals surface area contributed by atoms with Crippen LogP contribution < -0.4 is 20.1 Å². The van der Waals surface area contributed by atoms with E-state index >= 15 is 0 Å². The second kappa shape index (κ2) is 9.97. The van der Waals surface area contributed by atoms with Crippen molar-refractivity contribution in [2.75, 3.05) is 40.0 Å². The Balaban J connectivity index is 0.00000264. The lowest BCUT2D eigenvalue weighted by Crippen LogP contribution is -2.36. The maximum Gasteiger partial charge on any atom is 0.234 e. The Morgan fingerprint density at radius 1 is 1.35 bits per heavy atom. The van der Waals surface area contributed by atoms with Gasteiger partial charge in [0.05, 0.1) is 19.2 Å². The second-order valence-corrected chi connectivity index (χ2v) is 5.83. The topological polar surface area (TPSA) is 68.8 Å². The third kappa shape index (κ3) is 5.84. The minimum absolute atomic E-state index is 0.